The van der Waals surface area contributed by atoms with Gasteiger partial charge >= 0.3 is 0 Å². The van der Waals surface area contributed by atoms with Gasteiger partial charge in [-0.2, -0.15) is 0 Å². The molecule has 2 rings (SSSR count). The molecule has 76 valence electrons. The van der Waals surface area contributed by atoms with Crippen LogP contribution >= 0.6 is 0 Å². The standard InChI is InChI=1S/C9H17NO3/c1-7-10-3-9(4-11-7)5-12-8(2)13-6-9/h7-8,10H,3-6H2,1-2H3. The van der Waals surface area contributed by atoms with Gasteiger partial charge in [-0.1, -0.05) is 0 Å². The van der Waals surface area contributed by atoms with E-state index in [1.165, 1.54) is 0 Å². The van der Waals surface area contributed by atoms with Crippen LogP contribution in [0.3, 0.4) is 0 Å². The summed E-state index contributed by atoms with van der Waals surface area (Å²) in [5, 5.41) is 3.28. The van der Waals surface area contributed by atoms with Gasteiger partial charge in [0.2, 0.25) is 0 Å². The summed E-state index contributed by atoms with van der Waals surface area (Å²) in [4.78, 5) is 0. The van der Waals surface area contributed by atoms with Crippen LogP contribution in [0.25, 0.3) is 0 Å². The lowest BCUT2D eigenvalue weighted by Crippen LogP contribution is -2.56. The molecule has 4 heteroatoms. The van der Waals surface area contributed by atoms with E-state index in [-0.39, 0.29) is 17.9 Å². The summed E-state index contributed by atoms with van der Waals surface area (Å²) in [5.74, 6) is 0. The van der Waals surface area contributed by atoms with Crippen molar-refractivity contribution in [3.05, 3.63) is 0 Å². The first-order valence-corrected chi connectivity index (χ1v) is 4.78. The lowest BCUT2D eigenvalue weighted by molar-refractivity contribution is -0.244. The topological polar surface area (TPSA) is 39.7 Å². The molecule has 0 aromatic rings. The van der Waals surface area contributed by atoms with Crippen LogP contribution in [-0.4, -0.2) is 38.9 Å². The normalized spacial score (nSPS) is 46.6. The Labute approximate surface area is 78.5 Å². The highest BCUT2D eigenvalue weighted by molar-refractivity contribution is 4.86. The number of ether oxygens (including phenoxy) is 3. The van der Waals surface area contributed by atoms with Gasteiger partial charge in [0.05, 0.1) is 25.2 Å². The van der Waals surface area contributed by atoms with Crippen LogP contribution in [0.1, 0.15) is 13.8 Å². The van der Waals surface area contributed by atoms with E-state index in [4.69, 9.17) is 14.2 Å². The van der Waals surface area contributed by atoms with E-state index in [9.17, 15) is 0 Å². The van der Waals surface area contributed by atoms with Crippen LogP contribution < -0.4 is 5.32 Å². The van der Waals surface area contributed by atoms with Crippen molar-refractivity contribution in [3.8, 4) is 0 Å². The van der Waals surface area contributed by atoms with E-state index in [2.05, 4.69) is 5.32 Å². The third-order valence-electron chi connectivity index (χ3n) is 2.65. The molecule has 0 aliphatic carbocycles. The first-order chi connectivity index (χ1) is 6.20. The summed E-state index contributed by atoms with van der Waals surface area (Å²) >= 11 is 0. The second kappa shape index (κ2) is 3.53. The maximum absolute atomic E-state index is 5.54. The molecule has 13 heavy (non-hydrogen) atoms. The quantitative estimate of drug-likeness (QED) is 0.593. The smallest absolute Gasteiger partial charge is 0.154 e. The molecule has 0 bridgehead atoms. The highest BCUT2D eigenvalue weighted by Gasteiger charge is 2.39. The average Bonchev–Trinajstić information content (AvgIpc) is 2.16. The van der Waals surface area contributed by atoms with E-state index in [0.29, 0.717) is 0 Å². The van der Waals surface area contributed by atoms with Crippen molar-refractivity contribution in [3.63, 3.8) is 0 Å². The first-order valence-electron chi connectivity index (χ1n) is 4.78. The Balaban J connectivity index is 1.90. The van der Waals surface area contributed by atoms with E-state index < -0.39 is 0 Å². The molecule has 0 saturated carbocycles. The third kappa shape index (κ3) is 2.02. The predicted molar refractivity (Wildman–Crippen MR) is 47.2 cm³/mol. The molecule has 1 N–H and O–H groups in total. The highest BCUT2D eigenvalue weighted by Crippen LogP contribution is 2.27. The monoisotopic (exact) mass is 187 g/mol. The molecule has 2 aliphatic heterocycles. The van der Waals surface area contributed by atoms with Gasteiger partial charge in [0.15, 0.2) is 6.29 Å². The van der Waals surface area contributed by atoms with Crippen LogP contribution in [0.15, 0.2) is 0 Å². The third-order valence-corrected chi connectivity index (χ3v) is 2.65. The molecule has 0 amide bonds. The molecule has 2 aliphatic rings. The Hall–Kier alpha value is -0.160. The summed E-state index contributed by atoms with van der Waals surface area (Å²) in [6.07, 6.45) is 0.0925. The molecule has 0 radical (unpaired) electrons. The second-order valence-corrected chi connectivity index (χ2v) is 4.02. The van der Waals surface area contributed by atoms with E-state index in [1.807, 2.05) is 13.8 Å². The molecule has 2 heterocycles. The number of hydrogen-bond donors (Lipinski definition) is 1. The maximum atomic E-state index is 5.54. The minimum Gasteiger partial charge on any atom is -0.363 e. The van der Waals surface area contributed by atoms with Crippen LogP contribution in [0.5, 0.6) is 0 Å². The maximum Gasteiger partial charge on any atom is 0.154 e. The van der Waals surface area contributed by atoms with Crippen molar-refractivity contribution >= 4 is 0 Å². The lowest BCUT2D eigenvalue weighted by Gasteiger charge is -2.43. The van der Waals surface area contributed by atoms with Gasteiger partial charge in [-0.05, 0) is 13.8 Å². The molecule has 0 aromatic heterocycles. The minimum atomic E-state index is -0.0648. The Morgan fingerprint density at radius 1 is 1.08 bits per heavy atom. The second-order valence-electron chi connectivity index (χ2n) is 4.02. The van der Waals surface area contributed by atoms with E-state index in [1.54, 1.807) is 0 Å². The van der Waals surface area contributed by atoms with Crippen LogP contribution in [-0.2, 0) is 14.2 Å². The van der Waals surface area contributed by atoms with Gasteiger partial charge in [-0.15, -0.1) is 0 Å². The zero-order valence-corrected chi connectivity index (χ0v) is 8.21. The fraction of sp³-hybridized carbons (Fsp3) is 1.00. The fourth-order valence-electron chi connectivity index (χ4n) is 1.64. The predicted octanol–water partition coefficient (Wildman–Crippen LogP) is 0.331. The molecular weight excluding hydrogens is 170 g/mol. The zero-order chi connectivity index (χ0) is 9.31. The van der Waals surface area contributed by atoms with Gasteiger partial charge < -0.3 is 14.2 Å². The fourth-order valence-corrected chi connectivity index (χ4v) is 1.64. The molecule has 2 saturated heterocycles. The van der Waals surface area contributed by atoms with Gasteiger partial charge in [0.25, 0.3) is 0 Å². The summed E-state index contributed by atoms with van der Waals surface area (Å²) in [6, 6.07) is 0. The van der Waals surface area contributed by atoms with Gasteiger partial charge in [-0.3, -0.25) is 5.32 Å². The molecule has 2 fully saturated rings. The van der Waals surface area contributed by atoms with Gasteiger partial charge in [-0.25, -0.2) is 0 Å². The Morgan fingerprint density at radius 3 is 2.23 bits per heavy atom. The van der Waals surface area contributed by atoms with Crippen molar-refractivity contribution in [2.45, 2.75) is 26.4 Å². The SMILES string of the molecule is CC1NCC2(CO1)COC(C)OC2. The summed E-state index contributed by atoms with van der Waals surface area (Å²) in [7, 11) is 0. The van der Waals surface area contributed by atoms with Gasteiger partial charge in [0.1, 0.15) is 6.23 Å². The first kappa shape index (κ1) is 9.40. The van der Waals surface area contributed by atoms with E-state index >= 15 is 0 Å². The van der Waals surface area contributed by atoms with Crippen LogP contribution in [0.2, 0.25) is 0 Å². The van der Waals surface area contributed by atoms with Crippen LogP contribution in [0, 0.1) is 5.41 Å². The Kier molecular flexibility index (Phi) is 2.55. The summed E-state index contributed by atoms with van der Waals surface area (Å²) in [5.41, 5.74) is 0.0407. The summed E-state index contributed by atoms with van der Waals surface area (Å²) in [6.45, 7) is 7.04. The van der Waals surface area contributed by atoms with Crippen molar-refractivity contribution in [2.75, 3.05) is 26.4 Å². The Bertz CT molecular complexity index is 146. The highest BCUT2D eigenvalue weighted by atomic mass is 16.7. The molecule has 1 atom stereocenters. The zero-order valence-electron chi connectivity index (χ0n) is 8.21. The molecule has 0 aromatic carbocycles. The minimum absolute atomic E-state index is 0.0407. The number of hydrogen-bond acceptors (Lipinski definition) is 4. The van der Waals surface area contributed by atoms with Crippen LogP contribution in [0.4, 0.5) is 0 Å². The number of rotatable bonds is 0. The van der Waals surface area contributed by atoms with Crippen molar-refractivity contribution in [1.82, 2.24) is 5.32 Å². The molecule has 4 nitrogen and oxygen atoms in total. The van der Waals surface area contributed by atoms with Gasteiger partial charge in [0, 0.05) is 6.54 Å². The van der Waals surface area contributed by atoms with E-state index in [0.717, 1.165) is 26.4 Å². The van der Waals surface area contributed by atoms with Crippen molar-refractivity contribution in [2.24, 2.45) is 5.41 Å². The molecular formula is C9H17NO3. The molecule has 1 unspecified atom stereocenters. The van der Waals surface area contributed by atoms with Crippen molar-refractivity contribution in [1.29, 1.82) is 0 Å². The largest absolute Gasteiger partial charge is 0.363 e. The molecule has 1 spiro atoms. The van der Waals surface area contributed by atoms with Crippen molar-refractivity contribution < 1.29 is 14.2 Å². The Morgan fingerprint density at radius 2 is 1.69 bits per heavy atom. The lowest BCUT2D eigenvalue weighted by atomic mass is 9.89. The summed E-state index contributed by atoms with van der Waals surface area (Å²) < 4.78 is 16.5. The number of nitrogens with one attached hydrogen (secondary N) is 1. The average molecular weight is 187 g/mol.